The summed E-state index contributed by atoms with van der Waals surface area (Å²) in [7, 11) is 0. The molecule has 0 saturated carbocycles. The number of alkyl halides is 5. The second-order valence-electron chi connectivity index (χ2n) is 17.3. The van der Waals surface area contributed by atoms with E-state index in [1.165, 1.54) is 19.8 Å². The normalized spacial score (nSPS) is 19.8. The van der Waals surface area contributed by atoms with Crippen molar-refractivity contribution in [3.05, 3.63) is 100 Å². The zero-order valence-corrected chi connectivity index (χ0v) is 36.4. The van der Waals surface area contributed by atoms with Gasteiger partial charge in [-0.25, -0.2) is 18.8 Å². The van der Waals surface area contributed by atoms with Crippen molar-refractivity contribution < 1.29 is 50.2 Å². The standard InChI is InChI=1S/C47H54F7N7O4/c1-4-43(64)59-44(46(2,3)47(52,53)54)40(62)20-32(41(63)23-56-22-36-37(48)18-31(19-38(36)49)39(55)15-16-57-45(50)51)17-29-8-5-28(6-9-29)7-10-30-11-14-42(58-21-30)60-24-33-12-13-34(25-60)61(33)35-26-65-27-35/h5-6,8-9,11,14-16,18-19,21,32-35,41,44-45,56,63H,4,12-13,17,20,22-27,55H2,1-3H3,(H,59,64)/t32-,33?,34?,41+,44-/m1/s1. The molecule has 3 aliphatic rings. The van der Waals surface area contributed by atoms with Gasteiger partial charge in [0.15, 0.2) is 5.78 Å². The first kappa shape index (κ1) is 49.1. The zero-order valence-electron chi connectivity index (χ0n) is 36.4. The summed E-state index contributed by atoms with van der Waals surface area (Å²) in [5.74, 6) is 2.31. The van der Waals surface area contributed by atoms with Crippen molar-refractivity contribution in [3.63, 3.8) is 0 Å². The number of aromatic nitrogens is 1. The SMILES string of the molecule is CCC(=O)N[C@H](C(=O)C[C@@H](Cc1ccc(C#Cc2ccc(N3CC4CCC(C3)N4C3COC3)nc2)cc1)[C@@H](O)CNCc1c(F)cc(C(N)=CC=NC(F)F)cc1F)C(C)(C)C(F)(F)F. The van der Waals surface area contributed by atoms with E-state index in [0.717, 1.165) is 64.2 Å². The van der Waals surface area contributed by atoms with Gasteiger partial charge >= 0.3 is 12.7 Å². The number of benzene rings is 2. The number of aliphatic imine (C=N–C) groups is 1. The highest BCUT2D eigenvalue weighted by Crippen LogP contribution is 2.42. The lowest BCUT2D eigenvalue weighted by molar-refractivity contribution is -0.221. The largest absolute Gasteiger partial charge is 0.398 e. The number of halogens is 7. The molecular weight excluding hydrogens is 860 g/mol. The highest BCUT2D eigenvalue weighted by molar-refractivity contribution is 5.90. The third kappa shape index (κ3) is 12.3. The van der Waals surface area contributed by atoms with E-state index in [0.29, 0.717) is 41.0 Å². The number of ketones is 1. The maximum absolute atomic E-state index is 15.1. The van der Waals surface area contributed by atoms with E-state index in [1.54, 1.807) is 30.5 Å². The van der Waals surface area contributed by atoms with Crippen LogP contribution in [-0.2, 0) is 27.3 Å². The summed E-state index contributed by atoms with van der Waals surface area (Å²) in [4.78, 5) is 38.7. The number of pyridine rings is 1. The Hall–Kier alpha value is -5.35. The first-order chi connectivity index (χ1) is 30.8. The molecule has 5 N–H and O–H groups in total. The maximum Gasteiger partial charge on any atom is 0.396 e. The molecule has 3 aliphatic heterocycles. The number of nitrogens with zero attached hydrogens (tertiary/aromatic N) is 4. The second kappa shape index (κ2) is 21.3. The third-order valence-corrected chi connectivity index (χ3v) is 12.4. The number of hydrogen-bond donors (Lipinski definition) is 4. The monoisotopic (exact) mass is 913 g/mol. The van der Waals surface area contributed by atoms with Crippen LogP contribution in [0.3, 0.4) is 0 Å². The van der Waals surface area contributed by atoms with Crippen LogP contribution in [0, 0.1) is 34.8 Å². The number of ether oxygens (including phenoxy) is 1. The predicted octanol–water partition coefficient (Wildman–Crippen LogP) is 6.16. The van der Waals surface area contributed by atoms with E-state index >= 15 is 8.78 Å². The lowest BCUT2D eigenvalue weighted by Crippen LogP contribution is -2.62. The van der Waals surface area contributed by atoms with Gasteiger partial charge in [-0.05, 0) is 87.1 Å². The molecule has 1 aromatic heterocycles. The molecule has 4 heterocycles. The summed E-state index contributed by atoms with van der Waals surface area (Å²) in [6.07, 6.45) is -1.35. The molecule has 11 nitrogen and oxygen atoms in total. The van der Waals surface area contributed by atoms with Gasteiger partial charge in [-0.1, -0.05) is 30.9 Å². The molecule has 6 rings (SSSR count). The van der Waals surface area contributed by atoms with Crippen molar-refractivity contribution in [1.29, 1.82) is 0 Å². The lowest BCUT2D eigenvalue weighted by Gasteiger charge is -2.47. The molecule has 5 atom stereocenters. The van der Waals surface area contributed by atoms with Gasteiger partial charge in [0.25, 0.3) is 0 Å². The summed E-state index contributed by atoms with van der Waals surface area (Å²) in [5.41, 5.74) is 4.24. The van der Waals surface area contributed by atoms with E-state index in [1.807, 2.05) is 12.1 Å². The molecule has 3 saturated heterocycles. The second-order valence-corrected chi connectivity index (χ2v) is 17.3. The lowest BCUT2D eigenvalue weighted by atomic mass is 9.77. The number of hydrogen-bond acceptors (Lipinski definition) is 10. The summed E-state index contributed by atoms with van der Waals surface area (Å²) >= 11 is 0. The fourth-order valence-electron chi connectivity index (χ4n) is 8.48. The molecule has 0 radical (unpaired) electrons. The van der Waals surface area contributed by atoms with Crippen molar-refractivity contribution in [2.75, 3.05) is 37.7 Å². The Balaban J connectivity index is 1.14. The molecule has 2 aromatic carbocycles. The molecule has 3 fully saturated rings. The number of aliphatic hydroxyl groups is 1. The molecule has 18 heteroatoms. The number of nitrogens with two attached hydrogens (primary N) is 1. The number of fused-ring (bicyclic) bond motifs is 2. The van der Waals surface area contributed by atoms with E-state index in [9.17, 15) is 36.6 Å². The Kier molecular flexibility index (Phi) is 16.1. The average Bonchev–Trinajstić information content (AvgIpc) is 3.47. The molecule has 2 bridgehead atoms. The van der Waals surface area contributed by atoms with Gasteiger partial charge in [-0.15, -0.1) is 0 Å². The molecule has 3 aromatic rings. The third-order valence-electron chi connectivity index (χ3n) is 12.4. The van der Waals surface area contributed by atoms with Crippen LogP contribution in [0.4, 0.5) is 36.6 Å². The number of Topliss-reactive ketones (excluding diaryl/α,β-unsaturated/α-hetero) is 1. The van der Waals surface area contributed by atoms with Gasteiger partial charge in [0.1, 0.15) is 23.5 Å². The summed E-state index contributed by atoms with van der Waals surface area (Å²) < 4.78 is 103. The fourth-order valence-corrected chi connectivity index (χ4v) is 8.48. The van der Waals surface area contributed by atoms with E-state index in [4.69, 9.17) is 15.5 Å². The number of nitrogens with one attached hydrogen (secondary N) is 2. The van der Waals surface area contributed by atoms with Crippen LogP contribution in [0.5, 0.6) is 0 Å². The fraction of sp³-hybridized carbons (Fsp3) is 0.489. The summed E-state index contributed by atoms with van der Waals surface area (Å²) in [6, 6.07) is 12.1. The minimum Gasteiger partial charge on any atom is -0.398 e. The molecular formula is C47H54F7N7O4. The number of piperazine rings is 1. The van der Waals surface area contributed by atoms with Crippen LogP contribution in [0.1, 0.15) is 74.3 Å². The van der Waals surface area contributed by atoms with Gasteiger partial charge in [0, 0.05) is 91.5 Å². The number of carbonyl (C=O) groups is 2. The summed E-state index contributed by atoms with van der Waals surface area (Å²) in [5, 5.41) is 16.4. The smallest absolute Gasteiger partial charge is 0.396 e. The van der Waals surface area contributed by atoms with Gasteiger partial charge < -0.3 is 31.1 Å². The number of carbonyl (C=O) groups excluding carboxylic acids is 2. The molecule has 0 spiro atoms. The highest BCUT2D eigenvalue weighted by atomic mass is 19.4. The van der Waals surface area contributed by atoms with Crippen LogP contribution in [-0.4, -0.2) is 109 Å². The Morgan fingerprint density at radius 3 is 2.18 bits per heavy atom. The molecule has 350 valence electrons. The zero-order chi connectivity index (χ0) is 47.1. The number of amides is 1. The predicted molar refractivity (Wildman–Crippen MR) is 232 cm³/mol. The van der Waals surface area contributed by atoms with Gasteiger partial charge in [-0.2, -0.15) is 22.0 Å². The highest BCUT2D eigenvalue weighted by Gasteiger charge is 2.55. The molecule has 2 unspecified atom stereocenters. The quantitative estimate of drug-likeness (QED) is 0.0511. The average molecular weight is 914 g/mol. The van der Waals surface area contributed by atoms with Gasteiger partial charge in [-0.3, -0.25) is 14.5 Å². The number of rotatable bonds is 18. The van der Waals surface area contributed by atoms with Crippen LogP contribution < -0.4 is 21.3 Å². The topological polar surface area (TPSA) is 145 Å². The van der Waals surface area contributed by atoms with Crippen LogP contribution >= 0.6 is 0 Å². The van der Waals surface area contributed by atoms with Crippen molar-refractivity contribution >= 4 is 29.4 Å². The Morgan fingerprint density at radius 1 is 1.00 bits per heavy atom. The first-order valence-corrected chi connectivity index (χ1v) is 21.5. The molecule has 65 heavy (non-hydrogen) atoms. The first-order valence-electron chi connectivity index (χ1n) is 21.5. The molecule has 1 amide bonds. The Labute approximate surface area is 373 Å². The van der Waals surface area contributed by atoms with Crippen LogP contribution in [0.15, 0.2) is 65.8 Å². The van der Waals surface area contributed by atoms with E-state index < -0.39 is 78.1 Å². The van der Waals surface area contributed by atoms with E-state index in [-0.39, 0.29) is 30.6 Å². The minimum absolute atomic E-state index is 0.00311. The van der Waals surface area contributed by atoms with Gasteiger partial charge in [0.05, 0.1) is 30.8 Å². The molecule has 0 aliphatic carbocycles. The Morgan fingerprint density at radius 2 is 1.63 bits per heavy atom. The maximum atomic E-state index is 15.1. The Bertz CT molecular complexity index is 2220. The van der Waals surface area contributed by atoms with Crippen molar-refractivity contribution in [3.8, 4) is 11.8 Å². The van der Waals surface area contributed by atoms with Crippen molar-refractivity contribution in [1.82, 2.24) is 20.5 Å². The van der Waals surface area contributed by atoms with Crippen LogP contribution in [0.2, 0.25) is 0 Å². The van der Waals surface area contributed by atoms with Crippen molar-refractivity contribution in [2.24, 2.45) is 22.1 Å². The van der Waals surface area contributed by atoms with E-state index in [2.05, 4.69) is 37.3 Å². The number of aliphatic hydroxyl groups excluding tert-OH is 1. The number of allylic oxidation sites excluding steroid dienone is 1. The van der Waals surface area contributed by atoms with Crippen molar-refractivity contribution in [2.45, 2.75) is 102 Å². The van der Waals surface area contributed by atoms with Gasteiger partial charge in [0.2, 0.25) is 5.91 Å². The summed E-state index contributed by atoms with van der Waals surface area (Å²) in [6.45, 7) is 2.70. The van der Waals surface area contributed by atoms with Crippen LogP contribution in [0.25, 0.3) is 5.70 Å². The number of anilines is 1. The minimum atomic E-state index is -4.89.